The smallest absolute Gasteiger partial charge is 0.228 e. The van der Waals surface area contributed by atoms with Crippen molar-refractivity contribution in [3.8, 4) is 0 Å². The van der Waals surface area contributed by atoms with Crippen molar-refractivity contribution in [2.24, 2.45) is 0 Å². The second-order valence-electron chi connectivity index (χ2n) is 6.60. The fraction of sp³-hybridized carbons (Fsp3) is 0.429. The number of hydrogen-bond acceptors (Lipinski definition) is 5. The van der Waals surface area contributed by atoms with Gasteiger partial charge in [0.25, 0.3) is 0 Å². The third-order valence-corrected chi connectivity index (χ3v) is 4.89. The third-order valence-electron chi connectivity index (χ3n) is 4.89. The van der Waals surface area contributed by atoms with Crippen LogP contribution in [0, 0.1) is 0 Å². The first-order chi connectivity index (χ1) is 12.8. The number of anilines is 2. The zero-order chi connectivity index (χ0) is 18.4. The zero-order valence-electron chi connectivity index (χ0n) is 15.7. The molecule has 0 unspecified atom stereocenters. The minimum Gasteiger partial charge on any atom is -0.394 e. The molecule has 1 atom stereocenters. The second-order valence-corrected chi connectivity index (χ2v) is 6.60. The Hall–Kier alpha value is -2.40. The number of hydrogen-bond donors (Lipinski definition) is 2. The molecule has 1 fully saturated rings. The van der Waals surface area contributed by atoms with Gasteiger partial charge >= 0.3 is 0 Å². The van der Waals surface area contributed by atoms with Gasteiger partial charge in [0.05, 0.1) is 18.2 Å². The fourth-order valence-electron chi connectivity index (χ4n) is 3.48. The maximum absolute atomic E-state index is 9.63. The maximum atomic E-state index is 9.63. The highest BCUT2D eigenvalue weighted by molar-refractivity contribution is 5.90. The topological polar surface area (TPSA) is 61.3 Å². The zero-order valence-corrected chi connectivity index (χ0v) is 15.7. The number of aliphatic hydroxyl groups excluding tert-OH is 1. The number of fused-ring (bicyclic) bond motifs is 1. The van der Waals surface area contributed by atoms with Gasteiger partial charge in [0, 0.05) is 18.5 Å². The van der Waals surface area contributed by atoms with Gasteiger partial charge < -0.3 is 15.3 Å². The molecule has 0 bridgehead atoms. The predicted octanol–water partition coefficient (Wildman–Crippen LogP) is 3.92. The number of rotatable bonds is 7. The Balaban J connectivity index is 1.86. The third kappa shape index (κ3) is 4.05. The molecule has 26 heavy (non-hydrogen) atoms. The summed E-state index contributed by atoms with van der Waals surface area (Å²) in [5, 5.41) is 14.2. The molecule has 5 heteroatoms. The van der Waals surface area contributed by atoms with Crippen molar-refractivity contribution < 1.29 is 5.11 Å². The van der Waals surface area contributed by atoms with Crippen LogP contribution in [0.3, 0.4) is 0 Å². The number of benzene rings is 1. The van der Waals surface area contributed by atoms with Crippen molar-refractivity contribution in [2.45, 2.75) is 39.2 Å². The molecule has 5 nitrogen and oxygen atoms in total. The molecule has 2 heterocycles. The van der Waals surface area contributed by atoms with E-state index in [0.717, 1.165) is 49.1 Å². The Morgan fingerprint density at radius 1 is 1.31 bits per heavy atom. The van der Waals surface area contributed by atoms with Crippen LogP contribution in [-0.2, 0) is 0 Å². The molecule has 1 aromatic heterocycles. The molecular formula is C21H28N4O. The van der Waals surface area contributed by atoms with Crippen LogP contribution in [0.5, 0.6) is 0 Å². The summed E-state index contributed by atoms with van der Waals surface area (Å²) in [4.78, 5) is 11.7. The molecule has 0 saturated carbocycles. The van der Waals surface area contributed by atoms with Crippen LogP contribution in [0.4, 0.5) is 11.8 Å². The van der Waals surface area contributed by atoms with E-state index in [1.54, 1.807) is 0 Å². The fourth-order valence-corrected chi connectivity index (χ4v) is 3.48. The molecule has 138 valence electrons. The van der Waals surface area contributed by atoms with Crippen LogP contribution in [0.25, 0.3) is 10.9 Å². The minimum absolute atomic E-state index is 0.119. The van der Waals surface area contributed by atoms with Gasteiger partial charge in [0.1, 0.15) is 5.82 Å². The average Bonchev–Trinajstić information content (AvgIpc) is 3.16. The maximum Gasteiger partial charge on any atom is 0.228 e. The first-order valence-electron chi connectivity index (χ1n) is 9.43. The number of aliphatic hydroxyl groups is 1. The molecule has 2 N–H and O–H groups in total. The predicted molar refractivity (Wildman–Crippen MR) is 109 cm³/mol. The summed E-state index contributed by atoms with van der Waals surface area (Å²) in [5.41, 5.74) is 2.24. The molecule has 1 aliphatic rings. The van der Waals surface area contributed by atoms with Crippen molar-refractivity contribution in [1.29, 1.82) is 0 Å². The Morgan fingerprint density at radius 2 is 2.15 bits per heavy atom. The molecule has 3 rings (SSSR count). The molecule has 2 aromatic rings. The molecule has 1 saturated heterocycles. The van der Waals surface area contributed by atoms with Gasteiger partial charge in [-0.1, -0.05) is 35.9 Å². The number of aromatic nitrogens is 2. The lowest BCUT2D eigenvalue weighted by Gasteiger charge is -2.24. The molecule has 0 spiro atoms. The van der Waals surface area contributed by atoms with Gasteiger partial charge in [-0.3, -0.25) is 0 Å². The highest BCUT2D eigenvalue weighted by Gasteiger charge is 2.26. The standard InChI is InChI=1S/C21H28N4O/c1-3-8-16(4-2)12-13-22-20-18-10-5-6-11-19(18)23-21(24-20)25-14-7-9-17(25)15-26/h3-6,8,10-11,17,26H,7,9,12-15H2,1-2H3,(H,22,23,24)/b8-3-,16-4+/t17-/m0/s1. The van der Waals surface area contributed by atoms with Crippen LogP contribution >= 0.6 is 0 Å². The molecule has 0 aliphatic carbocycles. The molecular weight excluding hydrogens is 324 g/mol. The Kier molecular flexibility index (Phi) is 6.23. The number of nitrogens with zero attached hydrogens (tertiary/aromatic N) is 3. The summed E-state index contributed by atoms with van der Waals surface area (Å²) in [7, 11) is 0. The van der Waals surface area contributed by atoms with Crippen LogP contribution < -0.4 is 10.2 Å². The van der Waals surface area contributed by atoms with Gasteiger partial charge in [0.2, 0.25) is 5.95 Å². The van der Waals surface area contributed by atoms with Gasteiger partial charge in [0.15, 0.2) is 0 Å². The van der Waals surface area contributed by atoms with Crippen LogP contribution in [0.15, 0.2) is 48.1 Å². The lowest BCUT2D eigenvalue weighted by atomic mass is 10.1. The summed E-state index contributed by atoms with van der Waals surface area (Å²) >= 11 is 0. The van der Waals surface area contributed by atoms with Crippen LogP contribution in [0.2, 0.25) is 0 Å². The number of nitrogens with one attached hydrogen (secondary N) is 1. The highest BCUT2D eigenvalue weighted by Crippen LogP contribution is 2.27. The number of allylic oxidation sites excluding steroid dienone is 3. The highest BCUT2D eigenvalue weighted by atomic mass is 16.3. The van der Waals surface area contributed by atoms with E-state index in [4.69, 9.17) is 9.97 Å². The van der Waals surface area contributed by atoms with E-state index in [2.05, 4.69) is 41.4 Å². The van der Waals surface area contributed by atoms with Gasteiger partial charge in [-0.25, -0.2) is 4.98 Å². The van der Waals surface area contributed by atoms with E-state index in [1.807, 2.05) is 25.1 Å². The van der Waals surface area contributed by atoms with E-state index < -0.39 is 0 Å². The molecule has 1 aromatic carbocycles. The lowest BCUT2D eigenvalue weighted by Crippen LogP contribution is -2.33. The van der Waals surface area contributed by atoms with E-state index in [-0.39, 0.29) is 12.6 Å². The van der Waals surface area contributed by atoms with E-state index in [9.17, 15) is 5.11 Å². The van der Waals surface area contributed by atoms with Crippen molar-refractivity contribution in [2.75, 3.05) is 29.9 Å². The minimum atomic E-state index is 0.119. The van der Waals surface area contributed by atoms with Gasteiger partial charge in [-0.2, -0.15) is 4.98 Å². The summed E-state index contributed by atoms with van der Waals surface area (Å²) in [6.45, 7) is 5.96. The normalized spacial score (nSPS) is 18.2. The van der Waals surface area contributed by atoms with Crippen molar-refractivity contribution in [3.63, 3.8) is 0 Å². The van der Waals surface area contributed by atoms with E-state index >= 15 is 0 Å². The largest absolute Gasteiger partial charge is 0.394 e. The quantitative estimate of drug-likeness (QED) is 0.740. The summed E-state index contributed by atoms with van der Waals surface area (Å²) in [6, 6.07) is 8.21. The van der Waals surface area contributed by atoms with Gasteiger partial charge in [-0.05, 0) is 45.2 Å². The van der Waals surface area contributed by atoms with Crippen LogP contribution in [-0.4, -0.2) is 40.8 Å². The van der Waals surface area contributed by atoms with Crippen LogP contribution in [0.1, 0.15) is 33.1 Å². The molecule has 0 radical (unpaired) electrons. The second kappa shape index (κ2) is 8.81. The summed E-state index contributed by atoms with van der Waals surface area (Å²) in [5.74, 6) is 1.58. The van der Waals surface area contributed by atoms with Crippen molar-refractivity contribution >= 4 is 22.7 Å². The first-order valence-corrected chi connectivity index (χ1v) is 9.43. The van der Waals surface area contributed by atoms with E-state index in [1.165, 1.54) is 5.57 Å². The summed E-state index contributed by atoms with van der Waals surface area (Å²) in [6.07, 6.45) is 9.34. The van der Waals surface area contributed by atoms with E-state index in [0.29, 0.717) is 5.95 Å². The van der Waals surface area contributed by atoms with Crippen molar-refractivity contribution in [3.05, 3.63) is 48.1 Å². The van der Waals surface area contributed by atoms with Gasteiger partial charge in [-0.15, -0.1) is 0 Å². The Morgan fingerprint density at radius 3 is 2.92 bits per heavy atom. The first kappa shape index (κ1) is 18.4. The average molecular weight is 352 g/mol. The number of para-hydroxylation sites is 1. The SMILES string of the molecule is C/C=C\C(=C/C)CCNc1nc(N2CCC[C@H]2CO)nc2ccccc12. The summed E-state index contributed by atoms with van der Waals surface area (Å²) < 4.78 is 0. The monoisotopic (exact) mass is 352 g/mol. The lowest BCUT2D eigenvalue weighted by molar-refractivity contribution is 0.265. The molecule has 0 amide bonds. The Bertz CT molecular complexity index is 800. The molecule has 1 aliphatic heterocycles. The van der Waals surface area contributed by atoms with Crippen molar-refractivity contribution in [1.82, 2.24) is 9.97 Å². The Labute approximate surface area is 155 Å².